The van der Waals surface area contributed by atoms with Crippen molar-refractivity contribution >= 4 is 50.9 Å². The normalized spacial score (nSPS) is 15.7. The van der Waals surface area contributed by atoms with Crippen LogP contribution < -0.4 is 10.5 Å². The molecule has 1 aliphatic heterocycles. The first-order valence-corrected chi connectivity index (χ1v) is 11.0. The van der Waals surface area contributed by atoms with Gasteiger partial charge in [0.25, 0.3) is 0 Å². The van der Waals surface area contributed by atoms with Crippen LogP contribution in [0.3, 0.4) is 0 Å². The van der Waals surface area contributed by atoms with E-state index in [-0.39, 0.29) is 17.8 Å². The SMILES string of the molecule is COC(=O)CSC(=S)N1CCc2c([nH]c3ccc(N)cc23)C1c1ccc(OC)cc1. The van der Waals surface area contributed by atoms with E-state index in [9.17, 15) is 4.79 Å². The smallest absolute Gasteiger partial charge is 0.316 e. The third-order valence-electron chi connectivity index (χ3n) is 5.36. The van der Waals surface area contributed by atoms with Gasteiger partial charge in [-0.1, -0.05) is 36.1 Å². The molecule has 156 valence electrons. The molecule has 0 bridgehead atoms. The fraction of sp³-hybridized carbons (Fsp3) is 0.273. The summed E-state index contributed by atoms with van der Waals surface area (Å²) < 4.78 is 10.8. The van der Waals surface area contributed by atoms with Crippen LogP contribution in [0.1, 0.15) is 22.9 Å². The summed E-state index contributed by atoms with van der Waals surface area (Å²) in [5, 5.41) is 1.15. The predicted octanol–water partition coefficient (Wildman–Crippen LogP) is 3.90. The summed E-state index contributed by atoms with van der Waals surface area (Å²) in [5.74, 6) is 0.701. The van der Waals surface area contributed by atoms with Crippen LogP contribution in [0.5, 0.6) is 5.75 Å². The second-order valence-electron chi connectivity index (χ2n) is 7.07. The number of esters is 1. The van der Waals surface area contributed by atoms with Crippen LogP contribution in [0, 0.1) is 0 Å². The number of carbonyl (C=O) groups excluding carboxylic acids is 1. The number of benzene rings is 2. The molecule has 1 aliphatic rings. The number of thioether (sulfide) groups is 1. The molecule has 2 aromatic carbocycles. The number of nitrogens with one attached hydrogen (secondary N) is 1. The van der Waals surface area contributed by atoms with Crippen molar-refractivity contribution in [3.63, 3.8) is 0 Å². The number of fused-ring (bicyclic) bond motifs is 3. The number of nitrogens with two attached hydrogens (primary N) is 1. The number of aromatic nitrogens is 1. The minimum atomic E-state index is -0.290. The number of nitrogen functional groups attached to an aromatic ring is 1. The zero-order valence-electron chi connectivity index (χ0n) is 16.8. The Balaban J connectivity index is 1.76. The monoisotopic (exact) mass is 441 g/mol. The molecule has 0 spiro atoms. The number of thiocarbonyl (C=S) groups is 1. The lowest BCUT2D eigenvalue weighted by atomic mass is 9.93. The largest absolute Gasteiger partial charge is 0.497 e. The molecule has 0 radical (unpaired) electrons. The molecule has 3 N–H and O–H groups in total. The molecule has 0 aliphatic carbocycles. The second-order valence-corrected chi connectivity index (χ2v) is 8.68. The highest BCUT2D eigenvalue weighted by molar-refractivity contribution is 8.23. The third-order valence-corrected chi connectivity index (χ3v) is 6.81. The number of hydrogen-bond donors (Lipinski definition) is 2. The van der Waals surface area contributed by atoms with Crippen LogP contribution in [-0.4, -0.2) is 46.7 Å². The van der Waals surface area contributed by atoms with Gasteiger partial charge in [0.05, 0.1) is 26.0 Å². The first kappa shape index (κ1) is 20.6. The molecule has 1 unspecified atom stereocenters. The average Bonchev–Trinajstić information content (AvgIpc) is 3.14. The highest BCUT2D eigenvalue weighted by atomic mass is 32.2. The molecule has 2 heterocycles. The highest BCUT2D eigenvalue weighted by Crippen LogP contribution is 2.40. The van der Waals surface area contributed by atoms with Crippen LogP contribution in [-0.2, 0) is 16.0 Å². The van der Waals surface area contributed by atoms with Gasteiger partial charge in [-0.2, -0.15) is 0 Å². The van der Waals surface area contributed by atoms with Crippen molar-refractivity contribution in [2.75, 3.05) is 32.3 Å². The first-order valence-electron chi connectivity index (χ1n) is 9.56. The van der Waals surface area contributed by atoms with Crippen molar-refractivity contribution in [2.24, 2.45) is 0 Å². The molecule has 4 rings (SSSR count). The van der Waals surface area contributed by atoms with Gasteiger partial charge in [0.2, 0.25) is 0 Å². The maximum Gasteiger partial charge on any atom is 0.316 e. The van der Waals surface area contributed by atoms with Crippen molar-refractivity contribution in [3.05, 3.63) is 59.3 Å². The minimum absolute atomic E-state index is 0.0917. The molecule has 1 atom stereocenters. The molecule has 0 saturated heterocycles. The van der Waals surface area contributed by atoms with Crippen LogP contribution in [0.4, 0.5) is 5.69 Å². The van der Waals surface area contributed by atoms with Crippen LogP contribution in [0.2, 0.25) is 0 Å². The number of aromatic amines is 1. The summed E-state index contributed by atoms with van der Waals surface area (Å²) in [7, 11) is 3.04. The van der Waals surface area contributed by atoms with E-state index in [1.807, 2.05) is 30.3 Å². The molecule has 6 nitrogen and oxygen atoms in total. The van der Waals surface area contributed by atoms with E-state index in [2.05, 4.69) is 22.0 Å². The number of nitrogens with zero attached hydrogens (tertiary/aromatic N) is 1. The lowest BCUT2D eigenvalue weighted by Gasteiger charge is -2.37. The molecule has 0 fully saturated rings. The summed E-state index contributed by atoms with van der Waals surface area (Å²) in [6.45, 7) is 0.748. The van der Waals surface area contributed by atoms with Crippen molar-refractivity contribution in [3.8, 4) is 5.75 Å². The Kier molecular flexibility index (Phi) is 5.87. The van der Waals surface area contributed by atoms with E-state index < -0.39 is 0 Å². The van der Waals surface area contributed by atoms with Gasteiger partial charge in [-0.15, -0.1) is 0 Å². The van der Waals surface area contributed by atoms with E-state index in [1.165, 1.54) is 24.4 Å². The quantitative estimate of drug-likeness (QED) is 0.361. The Morgan fingerprint density at radius 1 is 1.27 bits per heavy atom. The van der Waals surface area contributed by atoms with Gasteiger partial charge in [0.1, 0.15) is 10.1 Å². The van der Waals surface area contributed by atoms with E-state index in [0.29, 0.717) is 4.32 Å². The first-order chi connectivity index (χ1) is 14.5. The predicted molar refractivity (Wildman–Crippen MR) is 125 cm³/mol. The molecular weight excluding hydrogens is 418 g/mol. The Hall–Kier alpha value is -2.71. The van der Waals surface area contributed by atoms with Crippen molar-refractivity contribution < 1.29 is 14.3 Å². The number of anilines is 1. The van der Waals surface area contributed by atoms with Gasteiger partial charge < -0.3 is 25.1 Å². The Morgan fingerprint density at radius 2 is 2.03 bits per heavy atom. The lowest BCUT2D eigenvalue weighted by Crippen LogP contribution is -2.38. The van der Waals surface area contributed by atoms with Crippen LogP contribution in [0.15, 0.2) is 42.5 Å². The summed E-state index contributed by atoms with van der Waals surface area (Å²) in [4.78, 5) is 17.4. The topological polar surface area (TPSA) is 80.6 Å². The average molecular weight is 442 g/mol. The van der Waals surface area contributed by atoms with Crippen molar-refractivity contribution in [1.29, 1.82) is 0 Å². The molecule has 8 heteroatoms. The fourth-order valence-corrected chi connectivity index (χ4v) is 4.99. The molecular formula is C22H23N3O3S2. The van der Waals surface area contributed by atoms with Gasteiger partial charge in [-0.05, 0) is 47.9 Å². The Morgan fingerprint density at radius 3 is 2.73 bits per heavy atom. The van der Waals surface area contributed by atoms with Gasteiger partial charge in [-0.3, -0.25) is 4.79 Å². The van der Waals surface area contributed by atoms with Gasteiger partial charge >= 0.3 is 5.97 Å². The summed E-state index contributed by atoms with van der Waals surface area (Å²) in [6, 6.07) is 13.9. The summed E-state index contributed by atoms with van der Waals surface area (Å²) in [5.41, 5.74) is 11.3. The van der Waals surface area contributed by atoms with Crippen LogP contribution >= 0.6 is 24.0 Å². The Bertz CT molecular complexity index is 1090. The standard InChI is InChI=1S/C22H23N3O3S2/c1-27-15-6-3-13(4-7-15)21-20-16(17-11-14(23)5-8-18(17)24-20)9-10-25(21)22(29)30-12-19(26)28-2/h3-8,11,21,24H,9-10,12,23H2,1-2H3. The van der Waals surface area contributed by atoms with E-state index in [0.717, 1.165) is 46.6 Å². The van der Waals surface area contributed by atoms with Gasteiger partial charge in [0, 0.05) is 28.8 Å². The molecule has 0 amide bonds. The van der Waals surface area contributed by atoms with Gasteiger partial charge in [-0.25, -0.2) is 0 Å². The maximum absolute atomic E-state index is 11.6. The highest BCUT2D eigenvalue weighted by Gasteiger charge is 2.33. The number of ether oxygens (including phenoxy) is 2. The number of methoxy groups -OCH3 is 2. The van der Waals surface area contributed by atoms with Crippen molar-refractivity contribution in [1.82, 2.24) is 9.88 Å². The van der Waals surface area contributed by atoms with Gasteiger partial charge in [0.15, 0.2) is 0 Å². The Labute approximate surface area is 184 Å². The molecule has 3 aromatic rings. The summed E-state index contributed by atoms with van der Waals surface area (Å²) in [6.07, 6.45) is 0.838. The third kappa shape index (κ3) is 3.85. The number of carbonyl (C=O) groups is 1. The molecule has 30 heavy (non-hydrogen) atoms. The zero-order chi connectivity index (χ0) is 21.3. The summed E-state index contributed by atoms with van der Waals surface area (Å²) >= 11 is 7.05. The number of rotatable bonds is 4. The van der Waals surface area contributed by atoms with E-state index >= 15 is 0 Å². The van der Waals surface area contributed by atoms with Crippen LogP contribution in [0.25, 0.3) is 10.9 Å². The fourth-order valence-electron chi connectivity index (χ4n) is 3.90. The maximum atomic E-state index is 11.6. The lowest BCUT2D eigenvalue weighted by molar-refractivity contribution is -0.137. The second kappa shape index (κ2) is 8.57. The van der Waals surface area contributed by atoms with Crippen molar-refractivity contribution in [2.45, 2.75) is 12.5 Å². The molecule has 1 aromatic heterocycles. The number of H-pyrrole nitrogens is 1. The minimum Gasteiger partial charge on any atom is -0.497 e. The number of hydrogen-bond acceptors (Lipinski definition) is 6. The van der Waals surface area contributed by atoms with E-state index in [1.54, 1.807) is 7.11 Å². The zero-order valence-corrected chi connectivity index (χ0v) is 18.4. The molecule has 0 saturated carbocycles. The van der Waals surface area contributed by atoms with E-state index in [4.69, 9.17) is 27.4 Å².